The van der Waals surface area contributed by atoms with E-state index in [1.165, 1.54) is 18.2 Å². The number of nitrogens with one attached hydrogen (secondary N) is 1. The molecular formula is C13H13ClFNO2. The summed E-state index contributed by atoms with van der Waals surface area (Å²) in [6, 6.07) is 7.72. The van der Waals surface area contributed by atoms with Gasteiger partial charge in [0.15, 0.2) is 0 Å². The molecular weight excluding hydrogens is 257 g/mol. The number of hydrogen-bond donors (Lipinski definition) is 1. The molecule has 1 N–H and O–H groups in total. The summed E-state index contributed by atoms with van der Waals surface area (Å²) in [5.41, 5.74) is 0. The van der Waals surface area contributed by atoms with Crippen LogP contribution in [0.5, 0.6) is 5.75 Å². The third kappa shape index (κ3) is 3.24. The normalized spacial score (nSPS) is 10.6. The molecule has 0 amide bonds. The zero-order valence-corrected chi connectivity index (χ0v) is 10.6. The van der Waals surface area contributed by atoms with Gasteiger partial charge in [-0.15, -0.1) is 0 Å². The van der Waals surface area contributed by atoms with E-state index in [0.717, 1.165) is 5.76 Å². The minimum atomic E-state index is -0.387. The molecule has 0 aliphatic heterocycles. The summed E-state index contributed by atoms with van der Waals surface area (Å²) >= 11 is 5.85. The van der Waals surface area contributed by atoms with Gasteiger partial charge in [-0.3, -0.25) is 0 Å². The lowest BCUT2D eigenvalue weighted by Crippen LogP contribution is -2.03. The molecule has 0 aliphatic rings. The van der Waals surface area contributed by atoms with Crippen molar-refractivity contribution < 1.29 is 13.5 Å². The molecule has 3 nitrogen and oxygen atoms in total. The van der Waals surface area contributed by atoms with Gasteiger partial charge in [0, 0.05) is 0 Å². The monoisotopic (exact) mass is 269 g/mol. The van der Waals surface area contributed by atoms with Crippen molar-refractivity contribution in [2.75, 3.05) is 7.05 Å². The van der Waals surface area contributed by atoms with Gasteiger partial charge in [-0.25, -0.2) is 4.39 Å². The maximum absolute atomic E-state index is 12.8. The number of furan rings is 1. The van der Waals surface area contributed by atoms with E-state index >= 15 is 0 Å². The maximum atomic E-state index is 12.8. The zero-order chi connectivity index (χ0) is 13.0. The van der Waals surface area contributed by atoms with E-state index in [1.54, 1.807) is 0 Å². The number of hydrogen-bond acceptors (Lipinski definition) is 3. The molecule has 96 valence electrons. The Bertz CT molecular complexity index is 527. The van der Waals surface area contributed by atoms with Gasteiger partial charge in [0.1, 0.15) is 29.7 Å². The first-order chi connectivity index (χ1) is 8.69. The van der Waals surface area contributed by atoms with Crippen LogP contribution in [0, 0.1) is 5.82 Å². The maximum Gasteiger partial charge on any atom is 0.146 e. The van der Waals surface area contributed by atoms with Crippen molar-refractivity contribution in [3.05, 3.63) is 52.7 Å². The predicted molar refractivity (Wildman–Crippen MR) is 67.2 cm³/mol. The fourth-order valence-corrected chi connectivity index (χ4v) is 1.73. The lowest BCUT2D eigenvalue weighted by molar-refractivity contribution is 0.265. The molecule has 1 heterocycles. The molecule has 0 spiro atoms. The van der Waals surface area contributed by atoms with Gasteiger partial charge in [-0.1, -0.05) is 11.6 Å². The van der Waals surface area contributed by atoms with Crippen molar-refractivity contribution in [1.82, 2.24) is 5.32 Å². The van der Waals surface area contributed by atoms with Crippen molar-refractivity contribution in [2.45, 2.75) is 13.2 Å². The summed E-state index contributed by atoms with van der Waals surface area (Å²) in [6.07, 6.45) is 0. The zero-order valence-electron chi connectivity index (χ0n) is 9.87. The van der Waals surface area contributed by atoms with Gasteiger partial charge in [-0.05, 0) is 37.4 Å². The van der Waals surface area contributed by atoms with Crippen molar-refractivity contribution in [3.63, 3.8) is 0 Å². The van der Waals surface area contributed by atoms with E-state index < -0.39 is 0 Å². The van der Waals surface area contributed by atoms with Gasteiger partial charge in [0.25, 0.3) is 0 Å². The third-order valence-electron chi connectivity index (χ3n) is 2.33. The minimum Gasteiger partial charge on any atom is -0.484 e. The fraction of sp³-hybridized carbons (Fsp3) is 0.231. The van der Waals surface area contributed by atoms with Gasteiger partial charge in [0.2, 0.25) is 0 Å². The van der Waals surface area contributed by atoms with Crippen LogP contribution in [0.25, 0.3) is 0 Å². The molecule has 2 aromatic rings. The van der Waals surface area contributed by atoms with Crippen LogP contribution in [0.1, 0.15) is 11.5 Å². The Labute approximate surface area is 110 Å². The molecule has 2 rings (SSSR count). The van der Waals surface area contributed by atoms with E-state index in [2.05, 4.69) is 5.32 Å². The quantitative estimate of drug-likeness (QED) is 0.904. The molecule has 0 unspecified atom stereocenters. The van der Waals surface area contributed by atoms with Gasteiger partial charge >= 0.3 is 0 Å². The van der Waals surface area contributed by atoms with Gasteiger partial charge < -0.3 is 14.5 Å². The van der Waals surface area contributed by atoms with E-state index in [4.69, 9.17) is 20.8 Å². The van der Waals surface area contributed by atoms with Crippen molar-refractivity contribution in [2.24, 2.45) is 0 Å². The van der Waals surface area contributed by atoms with Crippen molar-refractivity contribution >= 4 is 11.6 Å². The standard InChI is InChI=1S/C13H13ClFNO2/c1-16-7-10-3-4-11(18-10)8-17-13-5-2-9(15)6-12(13)14/h2-6,16H,7-8H2,1H3. The minimum absolute atomic E-state index is 0.247. The van der Waals surface area contributed by atoms with Crippen LogP contribution in [0.3, 0.4) is 0 Å². The van der Waals surface area contributed by atoms with Gasteiger partial charge in [0.05, 0.1) is 11.6 Å². The lowest BCUT2D eigenvalue weighted by atomic mass is 10.3. The van der Waals surface area contributed by atoms with Crippen LogP contribution in [-0.4, -0.2) is 7.05 Å². The Morgan fingerprint density at radius 2 is 2.06 bits per heavy atom. The second-order valence-corrected chi connectivity index (χ2v) is 4.17. The Hall–Kier alpha value is -1.52. The van der Waals surface area contributed by atoms with Crippen LogP contribution < -0.4 is 10.1 Å². The smallest absolute Gasteiger partial charge is 0.146 e. The molecule has 0 radical (unpaired) electrons. The molecule has 0 bridgehead atoms. The fourth-order valence-electron chi connectivity index (χ4n) is 1.51. The summed E-state index contributed by atoms with van der Waals surface area (Å²) in [5, 5.41) is 3.24. The van der Waals surface area contributed by atoms with Crippen molar-refractivity contribution in [3.8, 4) is 5.75 Å². The molecule has 0 saturated carbocycles. The molecule has 0 fully saturated rings. The van der Waals surface area contributed by atoms with Crippen LogP contribution in [-0.2, 0) is 13.2 Å². The van der Waals surface area contributed by atoms with E-state index in [9.17, 15) is 4.39 Å². The molecule has 0 aliphatic carbocycles. The largest absolute Gasteiger partial charge is 0.484 e. The Kier molecular flexibility index (Phi) is 4.23. The van der Waals surface area contributed by atoms with Crippen molar-refractivity contribution in [1.29, 1.82) is 0 Å². The Balaban J connectivity index is 1.97. The second kappa shape index (κ2) is 5.89. The summed E-state index contributed by atoms with van der Waals surface area (Å²) in [7, 11) is 1.84. The van der Waals surface area contributed by atoms with Crippen LogP contribution in [0.4, 0.5) is 4.39 Å². The first-order valence-electron chi connectivity index (χ1n) is 5.49. The predicted octanol–water partition coefficient (Wildman–Crippen LogP) is 3.37. The van der Waals surface area contributed by atoms with Gasteiger partial charge in [-0.2, -0.15) is 0 Å². The number of rotatable bonds is 5. The van der Waals surface area contributed by atoms with Crippen LogP contribution in [0.2, 0.25) is 5.02 Å². The van der Waals surface area contributed by atoms with E-state index in [-0.39, 0.29) is 17.4 Å². The second-order valence-electron chi connectivity index (χ2n) is 3.76. The molecule has 5 heteroatoms. The highest BCUT2D eigenvalue weighted by Crippen LogP contribution is 2.25. The number of ether oxygens (including phenoxy) is 1. The molecule has 1 aromatic carbocycles. The average molecular weight is 270 g/mol. The highest BCUT2D eigenvalue weighted by atomic mass is 35.5. The topological polar surface area (TPSA) is 34.4 Å². The first kappa shape index (κ1) is 12.9. The number of benzene rings is 1. The Morgan fingerprint density at radius 3 is 2.78 bits per heavy atom. The lowest BCUT2D eigenvalue weighted by Gasteiger charge is -2.06. The van der Waals surface area contributed by atoms with Crippen LogP contribution >= 0.6 is 11.6 Å². The molecule has 1 aromatic heterocycles. The van der Waals surface area contributed by atoms with Crippen LogP contribution in [0.15, 0.2) is 34.7 Å². The molecule has 18 heavy (non-hydrogen) atoms. The molecule has 0 saturated heterocycles. The highest BCUT2D eigenvalue weighted by molar-refractivity contribution is 6.32. The van der Waals surface area contributed by atoms with E-state index in [0.29, 0.717) is 18.1 Å². The van der Waals surface area contributed by atoms with E-state index in [1.807, 2.05) is 19.2 Å². The number of halogens is 2. The summed E-state index contributed by atoms with van der Waals surface area (Å²) in [4.78, 5) is 0. The summed E-state index contributed by atoms with van der Waals surface area (Å²) in [5.74, 6) is 1.58. The summed E-state index contributed by atoms with van der Waals surface area (Å²) < 4.78 is 23.8. The Morgan fingerprint density at radius 1 is 1.28 bits per heavy atom. The highest BCUT2D eigenvalue weighted by Gasteiger charge is 2.06. The molecule has 0 atom stereocenters. The third-order valence-corrected chi connectivity index (χ3v) is 2.63. The SMILES string of the molecule is CNCc1ccc(COc2ccc(F)cc2Cl)o1. The average Bonchev–Trinajstić information content (AvgIpc) is 2.76. The first-order valence-corrected chi connectivity index (χ1v) is 5.87. The summed E-state index contributed by atoms with van der Waals surface area (Å²) in [6.45, 7) is 0.923.